The summed E-state index contributed by atoms with van der Waals surface area (Å²) >= 11 is 0. The molecule has 0 saturated carbocycles. The lowest BCUT2D eigenvalue weighted by Gasteiger charge is -2.33. The minimum Gasteiger partial charge on any atom is -0.235 e. The van der Waals surface area contributed by atoms with Crippen molar-refractivity contribution in [2.45, 2.75) is 12.1 Å². The van der Waals surface area contributed by atoms with Gasteiger partial charge in [-0.15, -0.1) is 0 Å². The zero-order chi connectivity index (χ0) is 8.06. The summed E-state index contributed by atoms with van der Waals surface area (Å²) in [6.07, 6.45) is -2.10. The van der Waals surface area contributed by atoms with Crippen LogP contribution in [0.3, 0.4) is 0 Å². The van der Waals surface area contributed by atoms with E-state index in [1.165, 1.54) is 18.2 Å². The number of hydrogen-bond acceptors (Lipinski definition) is 0. The first kappa shape index (κ1) is 6.70. The molecule has 1 aliphatic carbocycles. The number of rotatable bonds is 0. The van der Waals surface area contributed by atoms with E-state index in [2.05, 4.69) is 0 Å². The van der Waals surface area contributed by atoms with Gasteiger partial charge in [-0.3, -0.25) is 0 Å². The van der Waals surface area contributed by atoms with Gasteiger partial charge in [0, 0.05) is 11.1 Å². The summed E-state index contributed by atoms with van der Waals surface area (Å²) in [4.78, 5) is 0. The van der Waals surface area contributed by atoms with E-state index < -0.39 is 12.1 Å². The normalized spacial score (nSPS) is 25.5. The van der Waals surface area contributed by atoms with Crippen molar-refractivity contribution in [3.8, 4) is 0 Å². The van der Waals surface area contributed by atoms with Gasteiger partial charge >= 0.3 is 5.92 Å². The SMILES string of the molecule is FC1c2ccccc2C1(F)F. The average Bonchev–Trinajstić information content (AvgIpc) is 2.04. The zero-order valence-corrected chi connectivity index (χ0v) is 5.52. The van der Waals surface area contributed by atoms with Gasteiger partial charge in [-0.2, -0.15) is 8.78 Å². The van der Waals surface area contributed by atoms with Crippen molar-refractivity contribution >= 4 is 0 Å². The summed E-state index contributed by atoms with van der Waals surface area (Å²) in [5.74, 6) is -3.25. The fourth-order valence-corrected chi connectivity index (χ4v) is 1.28. The van der Waals surface area contributed by atoms with Crippen LogP contribution in [-0.4, -0.2) is 0 Å². The lowest BCUT2D eigenvalue weighted by Crippen LogP contribution is -2.32. The van der Waals surface area contributed by atoms with Crippen LogP contribution in [0.15, 0.2) is 24.3 Å². The predicted molar refractivity (Wildman–Crippen MR) is 34.2 cm³/mol. The molecular formula is C8H5F3. The van der Waals surface area contributed by atoms with Crippen molar-refractivity contribution in [2.24, 2.45) is 0 Å². The molecule has 0 spiro atoms. The van der Waals surface area contributed by atoms with Gasteiger partial charge in [-0.05, 0) is 0 Å². The third kappa shape index (κ3) is 0.654. The molecule has 1 aromatic carbocycles. The Balaban J connectivity index is 2.56. The van der Waals surface area contributed by atoms with Gasteiger partial charge < -0.3 is 0 Å². The van der Waals surface area contributed by atoms with Gasteiger partial charge in [0.05, 0.1) is 0 Å². The number of hydrogen-bond donors (Lipinski definition) is 0. The second-order valence-electron chi connectivity index (χ2n) is 2.57. The van der Waals surface area contributed by atoms with Crippen molar-refractivity contribution in [3.05, 3.63) is 35.4 Å². The minimum absolute atomic E-state index is 0.123. The largest absolute Gasteiger partial charge is 0.308 e. The van der Waals surface area contributed by atoms with Crippen LogP contribution in [0.1, 0.15) is 17.3 Å². The standard InChI is InChI=1S/C8H5F3/c9-7-5-3-1-2-4-6(5)8(7,10)11/h1-4,7H. The van der Waals surface area contributed by atoms with E-state index in [-0.39, 0.29) is 11.1 Å². The fraction of sp³-hybridized carbons (Fsp3) is 0.250. The first-order chi connectivity index (χ1) is 5.14. The maximum atomic E-state index is 12.5. The Morgan fingerprint density at radius 3 is 2.45 bits per heavy atom. The van der Waals surface area contributed by atoms with E-state index in [9.17, 15) is 13.2 Å². The zero-order valence-electron chi connectivity index (χ0n) is 5.52. The van der Waals surface area contributed by atoms with Crippen LogP contribution in [0.25, 0.3) is 0 Å². The smallest absolute Gasteiger partial charge is 0.235 e. The van der Waals surface area contributed by atoms with E-state index in [0.717, 1.165) is 0 Å². The van der Waals surface area contributed by atoms with Crippen molar-refractivity contribution in [1.29, 1.82) is 0 Å². The highest BCUT2D eigenvalue weighted by Gasteiger charge is 2.54. The second-order valence-corrected chi connectivity index (χ2v) is 2.57. The summed E-state index contributed by atoms with van der Waals surface area (Å²) in [6.45, 7) is 0. The molecule has 0 fully saturated rings. The van der Waals surface area contributed by atoms with Gasteiger partial charge in [-0.25, -0.2) is 4.39 Å². The van der Waals surface area contributed by atoms with Crippen LogP contribution in [-0.2, 0) is 5.92 Å². The highest BCUT2D eigenvalue weighted by Crippen LogP contribution is 2.54. The topological polar surface area (TPSA) is 0 Å². The van der Waals surface area contributed by atoms with Crippen molar-refractivity contribution in [2.75, 3.05) is 0 Å². The molecule has 3 heteroatoms. The maximum Gasteiger partial charge on any atom is 0.308 e. The summed E-state index contributed by atoms with van der Waals surface area (Å²) in [5, 5.41) is 0. The molecule has 0 nitrogen and oxygen atoms in total. The number of benzene rings is 1. The monoisotopic (exact) mass is 158 g/mol. The Labute approximate surface area is 61.7 Å². The first-order valence-electron chi connectivity index (χ1n) is 3.25. The number of alkyl halides is 3. The average molecular weight is 158 g/mol. The molecule has 0 radical (unpaired) electrons. The highest BCUT2D eigenvalue weighted by molar-refractivity contribution is 5.43. The van der Waals surface area contributed by atoms with Crippen LogP contribution < -0.4 is 0 Å². The molecule has 0 amide bonds. The van der Waals surface area contributed by atoms with Gasteiger partial charge in [-0.1, -0.05) is 24.3 Å². The third-order valence-corrected chi connectivity index (χ3v) is 1.91. The van der Waals surface area contributed by atoms with Gasteiger partial charge in [0.2, 0.25) is 0 Å². The molecule has 0 heterocycles. The molecule has 0 bridgehead atoms. The van der Waals surface area contributed by atoms with Gasteiger partial charge in [0.1, 0.15) is 0 Å². The summed E-state index contributed by atoms with van der Waals surface area (Å²) in [7, 11) is 0. The van der Waals surface area contributed by atoms with Crippen LogP contribution >= 0.6 is 0 Å². The lowest BCUT2D eigenvalue weighted by molar-refractivity contribution is -0.111. The Morgan fingerprint density at radius 1 is 1.18 bits per heavy atom. The molecule has 0 aliphatic heterocycles. The lowest BCUT2D eigenvalue weighted by atomic mass is 9.83. The van der Waals surface area contributed by atoms with E-state index >= 15 is 0 Å². The van der Waals surface area contributed by atoms with Crippen molar-refractivity contribution < 1.29 is 13.2 Å². The Kier molecular flexibility index (Phi) is 1.09. The molecule has 1 atom stereocenters. The van der Waals surface area contributed by atoms with Crippen LogP contribution in [0.4, 0.5) is 13.2 Å². The van der Waals surface area contributed by atoms with Gasteiger partial charge in [0.25, 0.3) is 0 Å². The quantitative estimate of drug-likeness (QED) is 0.544. The van der Waals surface area contributed by atoms with Crippen LogP contribution in [0, 0.1) is 0 Å². The molecule has 2 rings (SSSR count). The maximum absolute atomic E-state index is 12.5. The molecule has 0 saturated heterocycles. The molecular weight excluding hydrogens is 153 g/mol. The summed E-state index contributed by atoms with van der Waals surface area (Å²) in [5.41, 5.74) is -0.0509. The van der Waals surface area contributed by atoms with Crippen molar-refractivity contribution in [1.82, 2.24) is 0 Å². The third-order valence-electron chi connectivity index (χ3n) is 1.91. The van der Waals surface area contributed by atoms with Crippen molar-refractivity contribution in [3.63, 3.8) is 0 Å². The molecule has 0 aromatic heterocycles. The van der Waals surface area contributed by atoms with E-state index in [0.29, 0.717) is 0 Å². The predicted octanol–water partition coefficient (Wildman–Crippen LogP) is 2.80. The Morgan fingerprint density at radius 2 is 1.82 bits per heavy atom. The van der Waals surface area contributed by atoms with E-state index in [4.69, 9.17) is 0 Å². The highest BCUT2D eigenvalue weighted by atomic mass is 19.3. The van der Waals surface area contributed by atoms with Gasteiger partial charge in [0.15, 0.2) is 6.17 Å². The van der Waals surface area contributed by atoms with Crippen LogP contribution in [0.5, 0.6) is 0 Å². The van der Waals surface area contributed by atoms with E-state index in [1.807, 2.05) is 0 Å². The Bertz CT molecular complexity index is 293. The molecule has 1 aromatic rings. The number of fused-ring (bicyclic) bond motifs is 1. The molecule has 58 valence electrons. The number of halogens is 3. The van der Waals surface area contributed by atoms with Crippen LogP contribution in [0.2, 0.25) is 0 Å². The summed E-state index contributed by atoms with van der Waals surface area (Å²) in [6, 6.07) is 5.68. The minimum atomic E-state index is -3.25. The molecule has 11 heavy (non-hydrogen) atoms. The second kappa shape index (κ2) is 1.78. The Hall–Kier alpha value is -0.990. The molecule has 1 unspecified atom stereocenters. The molecule has 1 aliphatic rings. The molecule has 0 N–H and O–H groups in total. The van der Waals surface area contributed by atoms with E-state index in [1.54, 1.807) is 6.07 Å². The first-order valence-corrected chi connectivity index (χ1v) is 3.25. The summed E-state index contributed by atoms with van der Waals surface area (Å²) < 4.78 is 37.6. The fourth-order valence-electron chi connectivity index (χ4n) is 1.28.